The average Bonchev–Trinajstić information content (AvgIpc) is 2.52. The van der Waals surface area contributed by atoms with Gasteiger partial charge in [-0.25, -0.2) is 0 Å². The van der Waals surface area contributed by atoms with Crippen LogP contribution >= 0.6 is 0 Å². The first-order valence-corrected chi connectivity index (χ1v) is 6.84. The SMILES string of the molecule is C=Cc1ccc(-c2ccc(COC/C=C/C)cc2)cc1. The summed E-state index contributed by atoms with van der Waals surface area (Å²) in [6, 6.07) is 16.9. The van der Waals surface area contributed by atoms with Gasteiger partial charge in [-0.05, 0) is 29.2 Å². The lowest BCUT2D eigenvalue weighted by Gasteiger charge is -2.05. The first-order chi connectivity index (χ1) is 9.83. The summed E-state index contributed by atoms with van der Waals surface area (Å²) in [4.78, 5) is 0. The lowest BCUT2D eigenvalue weighted by molar-refractivity contribution is 0.148. The maximum Gasteiger partial charge on any atom is 0.0721 e. The van der Waals surface area contributed by atoms with Crippen LogP contribution in [0.4, 0.5) is 0 Å². The van der Waals surface area contributed by atoms with Crippen molar-refractivity contribution >= 4 is 6.08 Å². The van der Waals surface area contributed by atoms with Gasteiger partial charge in [0.25, 0.3) is 0 Å². The van der Waals surface area contributed by atoms with Crippen molar-refractivity contribution in [2.45, 2.75) is 13.5 Å². The molecule has 0 aliphatic rings. The molecule has 0 fully saturated rings. The van der Waals surface area contributed by atoms with Crippen LogP contribution in [0.5, 0.6) is 0 Å². The summed E-state index contributed by atoms with van der Waals surface area (Å²) in [5.41, 5.74) is 4.78. The molecule has 0 spiro atoms. The van der Waals surface area contributed by atoms with Gasteiger partial charge in [0.15, 0.2) is 0 Å². The second kappa shape index (κ2) is 7.46. The van der Waals surface area contributed by atoms with E-state index in [-0.39, 0.29) is 0 Å². The van der Waals surface area contributed by atoms with Crippen molar-refractivity contribution in [3.05, 3.63) is 78.4 Å². The molecule has 1 heteroatoms. The average molecular weight is 264 g/mol. The van der Waals surface area contributed by atoms with Gasteiger partial charge in [-0.1, -0.05) is 73.3 Å². The molecule has 0 aliphatic carbocycles. The predicted octanol–water partition coefficient (Wildman–Crippen LogP) is 5.09. The lowest BCUT2D eigenvalue weighted by Crippen LogP contribution is -1.92. The molecule has 2 aromatic rings. The Balaban J connectivity index is 2.01. The molecule has 0 amide bonds. The number of benzene rings is 2. The molecule has 0 aliphatic heterocycles. The zero-order chi connectivity index (χ0) is 14.2. The summed E-state index contributed by atoms with van der Waals surface area (Å²) in [5, 5.41) is 0. The molecule has 2 rings (SSSR count). The Hall–Kier alpha value is -2.12. The number of rotatable bonds is 6. The van der Waals surface area contributed by atoms with Crippen LogP contribution in [0.25, 0.3) is 17.2 Å². The van der Waals surface area contributed by atoms with E-state index in [1.807, 2.05) is 25.2 Å². The maximum absolute atomic E-state index is 5.54. The standard InChI is InChI=1S/C19H20O/c1-3-5-14-20-15-17-8-12-19(13-9-17)18-10-6-16(4-2)7-11-18/h3-13H,2,14-15H2,1H3/b5-3+. The van der Waals surface area contributed by atoms with Crippen molar-refractivity contribution in [3.63, 3.8) is 0 Å². The van der Waals surface area contributed by atoms with Crippen molar-refractivity contribution < 1.29 is 4.74 Å². The lowest BCUT2D eigenvalue weighted by atomic mass is 10.0. The van der Waals surface area contributed by atoms with Gasteiger partial charge in [0.1, 0.15) is 0 Å². The molecule has 2 aromatic carbocycles. The zero-order valence-corrected chi connectivity index (χ0v) is 11.9. The van der Waals surface area contributed by atoms with Gasteiger partial charge in [0.2, 0.25) is 0 Å². The molecule has 20 heavy (non-hydrogen) atoms. The van der Waals surface area contributed by atoms with Crippen molar-refractivity contribution in [1.82, 2.24) is 0 Å². The van der Waals surface area contributed by atoms with Crippen molar-refractivity contribution in [3.8, 4) is 11.1 Å². The third-order valence-corrected chi connectivity index (χ3v) is 3.15. The van der Waals surface area contributed by atoms with E-state index >= 15 is 0 Å². The monoisotopic (exact) mass is 264 g/mol. The fourth-order valence-electron chi connectivity index (χ4n) is 1.95. The smallest absolute Gasteiger partial charge is 0.0721 e. The summed E-state index contributed by atoms with van der Waals surface area (Å²) >= 11 is 0. The molecule has 0 atom stereocenters. The van der Waals surface area contributed by atoms with Gasteiger partial charge in [0, 0.05) is 0 Å². The van der Waals surface area contributed by atoms with Crippen molar-refractivity contribution in [2.24, 2.45) is 0 Å². The molecule has 1 nitrogen and oxygen atoms in total. The van der Waals surface area contributed by atoms with Crippen molar-refractivity contribution in [1.29, 1.82) is 0 Å². The quantitative estimate of drug-likeness (QED) is 0.521. The molecule has 0 saturated heterocycles. The minimum absolute atomic E-state index is 0.653. The number of hydrogen-bond acceptors (Lipinski definition) is 1. The van der Waals surface area contributed by atoms with E-state index in [2.05, 4.69) is 55.1 Å². The second-order valence-corrected chi connectivity index (χ2v) is 4.61. The molecular formula is C19H20O. The normalized spacial score (nSPS) is 10.8. The van der Waals surface area contributed by atoms with E-state index in [1.54, 1.807) is 0 Å². The van der Waals surface area contributed by atoms with Gasteiger partial charge in [-0.3, -0.25) is 0 Å². The number of ether oxygens (including phenoxy) is 1. The maximum atomic E-state index is 5.54. The van der Waals surface area contributed by atoms with Gasteiger partial charge in [-0.2, -0.15) is 0 Å². The Morgan fingerprint density at radius 3 is 2.10 bits per heavy atom. The molecule has 0 N–H and O–H groups in total. The molecule has 0 unspecified atom stereocenters. The van der Waals surface area contributed by atoms with E-state index in [0.717, 1.165) is 5.56 Å². The highest BCUT2D eigenvalue weighted by molar-refractivity contribution is 5.65. The third kappa shape index (κ3) is 3.94. The van der Waals surface area contributed by atoms with E-state index in [9.17, 15) is 0 Å². The van der Waals surface area contributed by atoms with Gasteiger partial charge >= 0.3 is 0 Å². The fourth-order valence-corrected chi connectivity index (χ4v) is 1.95. The molecule has 0 radical (unpaired) electrons. The van der Waals surface area contributed by atoms with Crippen LogP contribution in [-0.2, 0) is 11.3 Å². The molecule has 0 heterocycles. The first-order valence-electron chi connectivity index (χ1n) is 6.84. The Morgan fingerprint density at radius 1 is 0.950 bits per heavy atom. The molecular weight excluding hydrogens is 244 g/mol. The van der Waals surface area contributed by atoms with E-state index in [1.165, 1.54) is 16.7 Å². The molecule has 0 bridgehead atoms. The topological polar surface area (TPSA) is 9.23 Å². The van der Waals surface area contributed by atoms with Gasteiger partial charge in [-0.15, -0.1) is 0 Å². The summed E-state index contributed by atoms with van der Waals surface area (Å²) in [6.07, 6.45) is 5.86. The number of hydrogen-bond donors (Lipinski definition) is 0. The summed E-state index contributed by atoms with van der Waals surface area (Å²) < 4.78 is 5.54. The highest BCUT2D eigenvalue weighted by Crippen LogP contribution is 2.20. The largest absolute Gasteiger partial charge is 0.373 e. The highest BCUT2D eigenvalue weighted by atomic mass is 16.5. The van der Waals surface area contributed by atoms with Crippen LogP contribution in [0, 0.1) is 0 Å². The Bertz CT molecular complexity index is 562. The number of allylic oxidation sites excluding steroid dienone is 1. The van der Waals surface area contributed by atoms with Crippen LogP contribution < -0.4 is 0 Å². The summed E-state index contributed by atoms with van der Waals surface area (Å²) in [6.45, 7) is 7.08. The fraction of sp³-hybridized carbons (Fsp3) is 0.158. The highest BCUT2D eigenvalue weighted by Gasteiger charge is 1.98. The Labute approximate surface area is 121 Å². The third-order valence-electron chi connectivity index (χ3n) is 3.15. The van der Waals surface area contributed by atoms with Gasteiger partial charge < -0.3 is 4.74 Å². The summed E-state index contributed by atoms with van der Waals surface area (Å²) in [7, 11) is 0. The van der Waals surface area contributed by atoms with Crippen molar-refractivity contribution in [2.75, 3.05) is 6.61 Å². The zero-order valence-electron chi connectivity index (χ0n) is 11.9. The van der Waals surface area contributed by atoms with Crippen LogP contribution in [-0.4, -0.2) is 6.61 Å². The van der Waals surface area contributed by atoms with E-state index in [0.29, 0.717) is 13.2 Å². The van der Waals surface area contributed by atoms with Crippen LogP contribution in [0.1, 0.15) is 18.1 Å². The van der Waals surface area contributed by atoms with Crippen LogP contribution in [0.3, 0.4) is 0 Å². The van der Waals surface area contributed by atoms with Crippen LogP contribution in [0.15, 0.2) is 67.3 Å². The second-order valence-electron chi connectivity index (χ2n) is 4.61. The molecule has 0 saturated carbocycles. The van der Waals surface area contributed by atoms with Gasteiger partial charge in [0.05, 0.1) is 13.2 Å². The Kier molecular flexibility index (Phi) is 5.33. The van der Waals surface area contributed by atoms with E-state index in [4.69, 9.17) is 4.74 Å². The Morgan fingerprint density at radius 2 is 1.55 bits per heavy atom. The van der Waals surface area contributed by atoms with Crippen LogP contribution in [0.2, 0.25) is 0 Å². The molecule has 102 valence electrons. The molecule has 0 aromatic heterocycles. The van der Waals surface area contributed by atoms with E-state index < -0.39 is 0 Å². The first kappa shape index (κ1) is 14.3. The minimum atomic E-state index is 0.653. The predicted molar refractivity (Wildman–Crippen MR) is 86.4 cm³/mol. The summed E-state index contributed by atoms with van der Waals surface area (Å²) in [5.74, 6) is 0. The minimum Gasteiger partial charge on any atom is -0.373 e.